The first kappa shape index (κ1) is 17.2. The molecule has 2 heterocycles. The van der Waals surface area contributed by atoms with Crippen LogP contribution in [0.3, 0.4) is 0 Å². The number of carbonyl (C=O) groups is 2. The Morgan fingerprint density at radius 3 is 1.54 bits per heavy atom. The first-order valence-electron chi connectivity index (χ1n) is 7.54. The molecule has 2 aromatic heterocycles. The smallest absolute Gasteiger partial charge is 0.252 e. The molecule has 2 amide bonds. The number of aromatic nitrogens is 2. The molecule has 2 N–H and O–H groups in total. The van der Waals surface area contributed by atoms with Gasteiger partial charge < -0.3 is 10.6 Å². The van der Waals surface area contributed by atoms with Gasteiger partial charge in [-0.2, -0.15) is 0 Å². The fourth-order valence-corrected chi connectivity index (χ4v) is 1.79. The van der Waals surface area contributed by atoms with Gasteiger partial charge in [-0.15, -0.1) is 10.2 Å². The number of pyridine rings is 2. The molecule has 0 radical (unpaired) electrons. The zero-order valence-electron chi connectivity index (χ0n) is 13.5. The zero-order chi connectivity index (χ0) is 17.4. The third-order valence-electron chi connectivity index (χ3n) is 2.95. The van der Waals surface area contributed by atoms with E-state index in [0.717, 1.165) is 0 Å². The first-order valence-corrected chi connectivity index (χ1v) is 7.54. The van der Waals surface area contributed by atoms with E-state index in [1.54, 1.807) is 24.3 Å². The Hall–Kier alpha value is -3.16. The number of azo groups is 1. The number of amides is 2. The van der Waals surface area contributed by atoms with Crippen molar-refractivity contribution in [3.63, 3.8) is 0 Å². The monoisotopic (exact) mass is 326 g/mol. The van der Waals surface area contributed by atoms with Crippen LogP contribution in [0.5, 0.6) is 0 Å². The molecule has 0 bridgehead atoms. The second-order valence-electron chi connectivity index (χ2n) is 4.73. The second kappa shape index (κ2) is 8.47. The van der Waals surface area contributed by atoms with Crippen LogP contribution in [0.1, 0.15) is 34.6 Å². The minimum Gasteiger partial charge on any atom is -0.352 e. The topological polar surface area (TPSA) is 109 Å². The van der Waals surface area contributed by atoms with Crippen molar-refractivity contribution in [2.75, 3.05) is 13.1 Å². The van der Waals surface area contributed by atoms with Crippen molar-refractivity contribution < 1.29 is 9.59 Å². The number of nitrogens with one attached hydrogen (secondary N) is 2. The quantitative estimate of drug-likeness (QED) is 0.794. The van der Waals surface area contributed by atoms with Crippen molar-refractivity contribution in [3.8, 4) is 0 Å². The van der Waals surface area contributed by atoms with Crippen molar-refractivity contribution in [2.45, 2.75) is 13.8 Å². The van der Waals surface area contributed by atoms with Crippen LogP contribution in [-0.2, 0) is 0 Å². The van der Waals surface area contributed by atoms with Crippen LogP contribution < -0.4 is 10.6 Å². The molecular formula is C16H18N6O2. The van der Waals surface area contributed by atoms with Crippen LogP contribution in [0.4, 0.5) is 11.6 Å². The molecular weight excluding hydrogens is 308 g/mol. The highest BCUT2D eigenvalue weighted by molar-refractivity contribution is 5.94. The molecule has 2 rings (SSSR count). The van der Waals surface area contributed by atoms with Crippen LogP contribution in [0.2, 0.25) is 0 Å². The molecule has 0 saturated heterocycles. The fraction of sp³-hybridized carbons (Fsp3) is 0.250. The predicted octanol–water partition coefficient (Wildman–Crippen LogP) is 2.39. The normalized spacial score (nSPS) is 10.6. The molecule has 0 aliphatic heterocycles. The van der Waals surface area contributed by atoms with E-state index < -0.39 is 0 Å². The van der Waals surface area contributed by atoms with Gasteiger partial charge >= 0.3 is 0 Å². The fourth-order valence-electron chi connectivity index (χ4n) is 1.79. The van der Waals surface area contributed by atoms with E-state index in [0.29, 0.717) is 35.9 Å². The van der Waals surface area contributed by atoms with E-state index in [4.69, 9.17) is 0 Å². The lowest BCUT2D eigenvalue weighted by molar-refractivity contribution is 0.0947. The van der Waals surface area contributed by atoms with Crippen LogP contribution in [0, 0.1) is 0 Å². The predicted molar refractivity (Wildman–Crippen MR) is 88.7 cm³/mol. The minimum atomic E-state index is -0.184. The third kappa shape index (κ3) is 4.67. The summed E-state index contributed by atoms with van der Waals surface area (Å²) >= 11 is 0. The highest BCUT2D eigenvalue weighted by atomic mass is 16.2. The van der Waals surface area contributed by atoms with E-state index in [2.05, 4.69) is 30.8 Å². The van der Waals surface area contributed by atoms with Gasteiger partial charge in [0.15, 0.2) is 11.6 Å². The lowest BCUT2D eigenvalue weighted by Crippen LogP contribution is -2.22. The first-order chi connectivity index (χ1) is 11.6. The highest BCUT2D eigenvalue weighted by Crippen LogP contribution is 2.15. The molecule has 0 aliphatic carbocycles. The van der Waals surface area contributed by atoms with Gasteiger partial charge in [-0.05, 0) is 38.1 Å². The lowest BCUT2D eigenvalue weighted by Gasteiger charge is -2.01. The Morgan fingerprint density at radius 2 is 1.25 bits per heavy atom. The summed E-state index contributed by atoms with van der Waals surface area (Å²) in [6.07, 6.45) is 2.87. The number of nitrogens with zero attached hydrogens (tertiary/aromatic N) is 4. The van der Waals surface area contributed by atoms with E-state index in [-0.39, 0.29) is 11.8 Å². The van der Waals surface area contributed by atoms with Gasteiger partial charge in [0, 0.05) is 25.5 Å². The van der Waals surface area contributed by atoms with Crippen molar-refractivity contribution >= 4 is 23.5 Å². The third-order valence-corrected chi connectivity index (χ3v) is 2.95. The van der Waals surface area contributed by atoms with Gasteiger partial charge in [0.1, 0.15) is 0 Å². The van der Waals surface area contributed by atoms with Gasteiger partial charge in [-0.1, -0.05) is 0 Å². The summed E-state index contributed by atoms with van der Waals surface area (Å²) < 4.78 is 0. The largest absolute Gasteiger partial charge is 0.352 e. The van der Waals surface area contributed by atoms with Gasteiger partial charge in [0.2, 0.25) is 0 Å². The van der Waals surface area contributed by atoms with Crippen molar-refractivity contribution in [1.29, 1.82) is 0 Å². The molecule has 8 heteroatoms. The van der Waals surface area contributed by atoms with Gasteiger partial charge in [-0.3, -0.25) is 9.59 Å². The van der Waals surface area contributed by atoms with E-state index >= 15 is 0 Å². The summed E-state index contributed by atoms with van der Waals surface area (Å²) in [5, 5.41) is 13.3. The Kier molecular flexibility index (Phi) is 6.07. The Balaban J connectivity index is 2.02. The summed E-state index contributed by atoms with van der Waals surface area (Å²) in [4.78, 5) is 31.4. The molecule has 2 aromatic rings. The van der Waals surface area contributed by atoms with Crippen LogP contribution >= 0.6 is 0 Å². The number of hydrogen-bond donors (Lipinski definition) is 2. The molecule has 0 atom stereocenters. The maximum Gasteiger partial charge on any atom is 0.252 e. The molecule has 0 spiro atoms. The summed E-state index contributed by atoms with van der Waals surface area (Å²) in [6, 6.07) is 6.43. The number of carbonyl (C=O) groups excluding carboxylic acids is 2. The molecule has 0 aliphatic rings. The summed E-state index contributed by atoms with van der Waals surface area (Å²) in [5.74, 6) is 0.350. The Bertz CT molecular complexity index is 662. The van der Waals surface area contributed by atoms with Crippen LogP contribution in [0.15, 0.2) is 46.9 Å². The summed E-state index contributed by atoms with van der Waals surface area (Å²) in [6.45, 7) is 4.80. The van der Waals surface area contributed by atoms with E-state index in [1.165, 1.54) is 12.4 Å². The molecule has 0 fully saturated rings. The second-order valence-corrected chi connectivity index (χ2v) is 4.73. The zero-order valence-corrected chi connectivity index (χ0v) is 13.5. The highest BCUT2D eigenvalue weighted by Gasteiger charge is 2.05. The van der Waals surface area contributed by atoms with Gasteiger partial charge in [-0.25, -0.2) is 9.97 Å². The molecule has 0 unspecified atom stereocenters. The molecule has 8 nitrogen and oxygen atoms in total. The van der Waals surface area contributed by atoms with Crippen molar-refractivity contribution in [3.05, 3.63) is 47.8 Å². The summed E-state index contributed by atoms with van der Waals surface area (Å²) in [5.41, 5.74) is 0.917. The van der Waals surface area contributed by atoms with E-state index in [1.807, 2.05) is 13.8 Å². The molecule has 24 heavy (non-hydrogen) atoms. The Morgan fingerprint density at radius 1 is 0.833 bits per heavy atom. The number of rotatable bonds is 6. The maximum absolute atomic E-state index is 11.6. The average Bonchev–Trinajstić information content (AvgIpc) is 2.61. The average molecular weight is 326 g/mol. The van der Waals surface area contributed by atoms with Gasteiger partial charge in [0.05, 0.1) is 11.1 Å². The van der Waals surface area contributed by atoms with Crippen molar-refractivity contribution in [2.24, 2.45) is 10.2 Å². The maximum atomic E-state index is 11.6. The Labute approximate surface area is 139 Å². The molecule has 0 aromatic carbocycles. The van der Waals surface area contributed by atoms with Gasteiger partial charge in [0.25, 0.3) is 11.8 Å². The van der Waals surface area contributed by atoms with E-state index in [9.17, 15) is 9.59 Å². The number of hydrogen-bond acceptors (Lipinski definition) is 6. The van der Waals surface area contributed by atoms with Crippen LogP contribution in [0.25, 0.3) is 0 Å². The summed E-state index contributed by atoms with van der Waals surface area (Å²) in [7, 11) is 0. The minimum absolute atomic E-state index is 0.184. The SMILES string of the molecule is CCNC(=O)c1ccc(N=Nc2ccc(C(=O)NCC)cn2)nc1. The van der Waals surface area contributed by atoms with Crippen molar-refractivity contribution in [1.82, 2.24) is 20.6 Å². The van der Waals surface area contributed by atoms with Crippen LogP contribution in [-0.4, -0.2) is 34.9 Å². The molecule has 0 saturated carbocycles. The molecule has 124 valence electrons. The lowest BCUT2D eigenvalue weighted by atomic mass is 10.2. The standard InChI is InChI=1S/C16H18N6O2/c1-3-17-15(23)11-5-7-13(19-9-11)21-22-14-8-6-12(10-20-14)16(24)18-4-2/h5-10H,3-4H2,1-2H3,(H,17,23)(H,18,24).